The van der Waals surface area contributed by atoms with E-state index in [-0.39, 0.29) is 5.43 Å². The first-order valence-electron chi connectivity index (χ1n) is 7.97. The third kappa shape index (κ3) is 2.36. The number of nitrogens with one attached hydrogen (secondary N) is 1. The summed E-state index contributed by atoms with van der Waals surface area (Å²) in [5.41, 5.74) is 6.01. The van der Waals surface area contributed by atoms with Gasteiger partial charge in [0.25, 0.3) is 0 Å². The van der Waals surface area contributed by atoms with E-state index in [1.54, 1.807) is 0 Å². The molecule has 4 rings (SSSR count). The number of pyridine rings is 1. The van der Waals surface area contributed by atoms with Crippen molar-refractivity contribution < 1.29 is 0 Å². The molecule has 24 heavy (non-hydrogen) atoms. The largest absolute Gasteiger partial charge is 0.325 e. The zero-order chi connectivity index (χ0) is 16.7. The van der Waals surface area contributed by atoms with E-state index in [1.807, 2.05) is 41.1 Å². The second-order valence-electron chi connectivity index (χ2n) is 5.72. The zero-order valence-electron chi connectivity index (χ0n) is 13.2. The standard InChI is InChI=1S/C18H16ClN3OS/c1-2-3-10-20-22-13-7-5-4-6-11(13)16(23)15-14(22)9-8-12-17(15)24-18(19)21-12/h4-9,20H,2-3,10H2,1H3. The van der Waals surface area contributed by atoms with Gasteiger partial charge in [0.1, 0.15) is 0 Å². The summed E-state index contributed by atoms with van der Waals surface area (Å²) >= 11 is 7.43. The molecule has 0 bridgehead atoms. The van der Waals surface area contributed by atoms with Crippen molar-refractivity contribution in [2.45, 2.75) is 19.8 Å². The summed E-state index contributed by atoms with van der Waals surface area (Å²) in [6.45, 7) is 3.01. The molecule has 1 N–H and O–H groups in total. The number of rotatable bonds is 4. The Bertz CT molecular complexity index is 1120. The van der Waals surface area contributed by atoms with Crippen molar-refractivity contribution in [1.82, 2.24) is 9.66 Å². The molecule has 0 saturated heterocycles. The summed E-state index contributed by atoms with van der Waals surface area (Å²) in [4.78, 5) is 17.4. The molecule has 6 heteroatoms. The average Bonchev–Trinajstić information content (AvgIpc) is 2.97. The van der Waals surface area contributed by atoms with Crippen molar-refractivity contribution in [1.29, 1.82) is 0 Å². The maximum absolute atomic E-state index is 13.1. The first-order chi connectivity index (χ1) is 11.7. The number of thiazole rings is 1. The van der Waals surface area contributed by atoms with Crippen molar-refractivity contribution in [2.24, 2.45) is 0 Å². The van der Waals surface area contributed by atoms with Crippen LogP contribution >= 0.6 is 22.9 Å². The SMILES string of the molecule is CCCCNn1c2ccccc2c(=O)c2c3sc(Cl)nc3ccc21. The number of nitrogens with zero attached hydrogens (tertiary/aromatic N) is 2. The molecular formula is C18H16ClN3OS. The fraction of sp³-hybridized carbons (Fsp3) is 0.222. The summed E-state index contributed by atoms with van der Waals surface area (Å²) < 4.78 is 3.32. The van der Waals surface area contributed by atoms with E-state index >= 15 is 0 Å². The van der Waals surface area contributed by atoms with Crippen LogP contribution in [0.4, 0.5) is 0 Å². The number of aromatic nitrogens is 2. The first-order valence-corrected chi connectivity index (χ1v) is 9.16. The Hall–Kier alpha value is -2.11. The van der Waals surface area contributed by atoms with Gasteiger partial charge in [0.05, 0.1) is 26.6 Å². The van der Waals surface area contributed by atoms with Gasteiger partial charge in [0.15, 0.2) is 9.90 Å². The number of halogens is 1. The van der Waals surface area contributed by atoms with Crippen molar-refractivity contribution in [3.05, 3.63) is 51.1 Å². The average molecular weight is 358 g/mol. The molecule has 0 saturated carbocycles. The summed E-state index contributed by atoms with van der Waals surface area (Å²) in [5.74, 6) is 0. The predicted molar refractivity (Wildman–Crippen MR) is 103 cm³/mol. The summed E-state index contributed by atoms with van der Waals surface area (Å²) in [7, 11) is 0. The summed E-state index contributed by atoms with van der Waals surface area (Å²) in [6, 6.07) is 11.6. The van der Waals surface area contributed by atoms with E-state index in [4.69, 9.17) is 11.6 Å². The minimum Gasteiger partial charge on any atom is -0.325 e. The monoisotopic (exact) mass is 357 g/mol. The lowest BCUT2D eigenvalue weighted by Gasteiger charge is -2.17. The quantitative estimate of drug-likeness (QED) is 0.423. The van der Waals surface area contributed by atoms with Gasteiger partial charge >= 0.3 is 0 Å². The topological polar surface area (TPSA) is 46.9 Å². The highest BCUT2D eigenvalue weighted by molar-refractivity contribution is 7.23. The van der Waals surface area contributed by atoms with Crippen LogP contribution in [0, 0.1) is 0 Å². The van der Waals surface area contributed by atoms with Crippen LogP contribution in [0.2, 0.25) is 4.47 Å². The number of hydrogen-bond acceptors (Lipinski definition) is 4. The highest BCUT2D eigenvalue weighted by Crippen LogP contribution is 2.32. The van der Waals surface area contributed by atoms with Crippen LogP contribution in [-0.4, -0.2) is 16.2 Å². The molecule has 0 aliphatic heterocycles. The molecule has 2 heterocycles. The lowest BCUT2D eigenvalue weighted by molar-refractivity contribution is 0.773. The second kappa shape index (κ2) is 6.07. The Morgan fingerprint density at radius 3 is 2.88 bits per heavy atom. The number of fused-ring (bicyclic) bond motifs is 4. The summed E-state index contributed by atoms with van der Waals surface area (Å²) in [5, 5.41) is 1.38. The van der Waals surface area contributed by atoms with Crippen molar-refractivity contribution >= 4 is 55.0 Å². The lowest BCUT2D eigenvalue weighted by Crippen LogP contribution is -2.21. The van der Waals surface area contributed by atoms with E-state index in [0.29, 0.717) is 15.2 Å². The smallest absolute Gasteiger partial charge is 0.198 e. The molecule has 0 fully saturated rings. The third-order valence-corrected chi connectivity index (χ3v) is 5.36. The number of para-hydroxylation sites is 1. The van der Waals surface area contributed by atoms with Gasteiger partial charge < -0.3 is 5.43 Å². The van der Waals surface area contributed by atoms with Crippen LogP contribution in [0.1, 0.15) is 19.8 Å². The van der Waals surface area contributed by atoms with Gasteiger partial charge in [-0.3, -0.25) is 9.47 Å². The first kappa shape index (κ1) is 15.4. The predicted octanol–water partition coefficient (Wildman–Crippen LogP) is 4.76. The summed E-state index contributed by atoms with van der Waals surface area (Å²) in [6.07, 6.45) is 2.17. The second-order valence-corrected chi connectivity index (χ2v) is 7.30. The van der Waals surface area contributed by atoms with E-state index < -0.39 is 0 Å². The van der Waals surface area contributed by atoms with E-state index in [0.717, 1.165) is 40.6 Å². The van der Waals surface area contributed by atoms with Gasteiger partial charge in [-0.1, -0.05) is 37.1 Å². The van der Waals surface area contributed by atoms with Crippen LogP contribution in [0.25, 0.3) is 32.0 Å². The van der Waals surface area contributed by atoms with E-state index in [9.17, 15) is 4.79 Å². The molecule has 4 nitrogen and oxygen atoms in total. The number of benzene rings is 2. The van der Waals surface area contributed by atoms with Crippen LogP contribution in [-0.2, 0) is 0 Å². The Kier molecular flexibility index (Phi) is 3.90. The normalized spacial score (nSPS) is 11.6. The van der Waals surface area contributed by atoms with Gasteiger partial charge in [-0.05, 0) is 30.7 Å². The molecule has 0 radical (unpaired) electrons. The van der Waals surface area contributed by atoms with Gasteiger partial charge in [0.2, 0.25) is 0 Å². The molecule has 2 aromatic carbocycles. The molecule has 2 aromatic heterocycles. The van der Waals surface area contributed by atoms with Crippen LogP contribution in [0.15, 0.2) is 41.2 Å². The minimum atomic E-state index is 0.0278. The molecular weight excluding hydrogens is 342 g/mol. The Morgan fingerprint density at radius 1 is 1.21 bits per heavy atom. The lowest BCUT2D eigenvalue weighted by atomic mass is 10.1. The Balaban J connectivity index is 2.14. The maximum atomic E-state index is 13.1. The molecule has 4 aromatic rings. The third-order valence-electron chi connectivity index (χ3n) is 4.17. The molecule has 0 atom stereocenters. The Labute approximate surface area is 147 Å². The number of unbranched alkanes of at least 4 members (excludes halogenated alkanes) is 1. The van der Waals surface area contributed by atoms with E-state index in [1.165, 1.54) is 11.3 Å². The molecule has 0 unspecified atom stereocenters. The number of hydrogen-bond donors (Lipinski definition) is 1. The zero-order valence-corrected chi connectivity index (χ0v) is 14.7. The Morgan fingerprint density at radius 2 is 2.04 bits per heavy atom. The van der Waals surface area contributed by atoms with Gasteiger partial charge in [0, 0.05) is 11.9 Å². The molecule has 0 amide bonds. The van der Waals surface area contributed by atoms with Crippen molar-refractivity contribution in [2.75, 3.05) is 12.0 Å². The van der Waals surface area contributed by atoms with Crippen LogP contribution in [0.5, 0.6) is 0 Å². The van der Waals surface area contributed by atoms with Crippen molar-refractivity contribution in [3.8, 4) is 0 Å². The van der Waals surface area contributed by atoms with Crippen LogP contribution in [0.3, 0.4) is 0 Å². The molecule has 122 valence electrons. The van der Waals surface area contributed by atoms with Gasteiger partial charge in [-0.2, -0.15) is 0 Å². The fourth-order valence-electron chi connectivity index (χ4n) is 3.02. The highest BCUT2D eigenvalue weighted by atomic mass is 35.5. The van der Waals surface area contributed by atoms with Gasteiger partial charge in [-0.15, -0.1) is 11.3 Å². The van der Waals surface area contributed by atoms with E-state index in [2.05, 4.69) is 17.3 Å². The molecule has 0 aliphatic carbocycles. The highest BCUT2D eigenvalue weighted by Gasteiger charge is 2.15. The van der Waals surface area contributed by atoms with Gasteiger partial charge in [-0.25, -0.2) is 4.98 Å². The minimum absolute atomic E-state index is 0.0278. The molecule has 0 aliphatic rings. The van der Waals surface area contributed by atoms with Crippen LogP contribution < -0.4 is 10.9 Å². The molecule has 0 spiro atoms. The maximum Gasteiger partial charge on any atom is 0.198 e. The van der Waals surface area contributed by atoms with Crippen molar-refractivity contribution in [3.63, 3.8) is 0 Å². The fourth-order valence-corrected chi connectivity index (χ4v) is 4.18.